The molecule has 0 aliphatic carbocycles. The summed E-state index contributed by atoms with van der Waals surface area (Å²) in [6, 6.07) is 7.76. The number of benzene rings is 1. The molecule has 2 N–H and O–H groups in total. The highest BCUT2D eigenvalue weighted by Crippen LogP contribution is 2.13. The van der Waals surface area contributed by atoms with Crippen molar-refractivity contribution in [2.24, 2.45) is 0 Å². The average molecular weight is 279 g/mol. The highest BCUT2D eigenvalue weighted by atomic mass is 16.5. The van der Waals surface area contributed by atoms with E-state index in [4.69, 9.17) is 9.84 Å². The fraction of sp³-hybridized carbons (Fsp3) is 0.467. The molecule has 5 heteroatoms. The minimum absolute atomic E-state index is 0.0228. The van der Waals surface area contributed by atoms with E-state index in [2.05, 4.69) is 12.2 Å². The molecule has 0 radical (unpaired) electrons. The SMILES string of the molecule is CCCOc1cccc(CCNC(=O)CCC(=O)O)c1. The van der Waals surface area contributed by atoms with Crippen LogP contribution in [0.25, 0.3) is 0 Å². The lowest BCUT2D eigenvalue weighted by atomic mass is 10.1. The normalized spacial score (nSPS) is 10.1. The Morgan fingerprint density at radius 3 is 2.80 bits per heavy atom. The molecule has 0 unspecified atom stereocenters. The predicted octanol–water partition coefficient (Wildman–Crippen LogP) is 2.00. The Morgan fingerprint density at radius 2 is 2.10 bits per heavy atom. The summed E-state index contributed by atoms with van der Waals surface area (Å²) in [5, 5.41) is 11.2. The van der Waals surface area contributed by atoms with Crippen LogP contribution in [0.5, 0.6) is 5.75 Å². The summed E-state index contributed by atoms with van der Waals surface area (Å²) >= 11 is 0. The highest BCUT2D eigenvalue weighted by Gasteiger charge is 2.04. The molecule has 20 heavy (non-hydrogen) atoms. The molecule has 0 aliphatic heterocycles. The lowest BCUT2D eigenvalue weighted by molar-refractivity contribution is -0.138. The van der Waals surface area contributed by atoms with Gasteiger partial charge in [-0.25, -0.2) is 0 Å². The fourth-order valence-electron chi connectivity index (χ4n) is 1.67. The molecule has 0 fully saturated rings. The topological polar surface area (TPSA) is 75.6 Å². The molecule has 0 saturated carbocycles. The number of carbonyl (C=O) groups excluding carboxylic acids is 1. The number of rotatable bonds is 9. The number of hydrogen-bond donors (Lipinski definition) is 2. The van der Waals surface area contributed by atoms with E-state index < -0.39 is 5.97 Å². The second-order valence-electron chi connectivity index (χ2n) is 4.49. The van der Waals surface area contributed by atoms with E-state index in [0.29, 0.717) is 19.6 Å². The monoisotopic (exact) mass is 279 g/mol. The first-order valence-corrected chi connectivity index (χ1v) is 6.82. The summed E-state index contributed by atoms with van der Waals surface area (Å²) in [4.78, 5) is 21.7. The van der Waals surface area contributed by atoms with Crippen LogP contribution in [-0.4, -0.2) is 30.1 Å². The quantitative estimate of drug-likeness (QED) is 0.725. The van der Waals surface area contributed by atoms with Gasteiger partial charge in [-0.2, -0.15) is 0 Å². The van der Waals surface area contributed by atoms with Crippen LogP contribution in [-0.2, 0) is 16.0 Å². The third-order valence-electron chi connectivity index (χ3n) is 2.67. The Balaban J connectivity index is 2.30. The Labute approximate surface area is 118 Å². The van der Waals surface area contributed by atoms with E-state index in [-0.39, 0.29) is 18.7 Å². The number of amides is 1. The first-order valence-electron chi connectivity index (χ1n) is 6.82. The van der Waals surface area contributed by atoms with Gasteiger partial charge in [0, 0.05) is 13.0 Å². The summed E-state index contributed by atoms with van der Waals surface area (Å²) in [6.45, 7) is 3.24. The van der Waals surface area contributed by atoms with E-state index in [0.717, 1.165) is 17.7 Å². The van der Waals surface area contributed by atoms with Gasteiger partial charge in [-0.05, 0) is 30.5 Å². The maximum absolute atomic E-state index is 11.3. The van der Waals surface area contributed by atoms with Crippen LogP contribution >= 0.6 is 0 Å². The van der Waals surface area contributed by atoms with Crippen LogP contribution in [0.1, 0.15) is 31.7 Å². The van der Waals surface area contributed by atoms with Gasteiger partial charge in [0.1, 0.15) is 5.75 Å². The fourth-order valence-corrected chi connectivity index (χ4v) is 1.67. The van der Waals surface area contributed by atoms with Gasteiger partial charge < -0.3 is 15.2 Å². The smallest absolute Gasteiger partial charge is 0.303 e. The third kappa shape index (κ3) is 6.78. The van der Waals surface area contributed by atoms with Gasteiger partial charge in [0.2, 0.25) is 5.91 Å². The molecule has 1 aromatic carbocycles. The molecule has 0 saturated heterocycles. The van der Waals surface area contributed by atoms with Crippen molar-refractivity contribution in [3.05, 3.63) is 29.8 Å². The number of hydrogen-bond acceptors (Lipinski definition) is 3. The third-order valence-corrected chi connectivity index (χ3v) is 2.67. The Kier molecular flexibility index (Phi) is 7.17. The molecule has 0 bridgehead atoms. The maximum atomic E-state index is 11.3. The van der Waals surface area contributed by atoms with Gasteiger partial charge in [-0.1, -0.05) is 19.1 Å². The van der Waals surface area contributed by atoms with Gasteiger partial charge in [0.15, 0.2) is 0 Å². The summed E-state index contributed by atoms with van der Waals surface area (Å²) in [7, 11) is 0. The molecule has 0 atom stereocenters. The summed E-state index contributed by atoms with van der Waals surface area (Å²) in [6.07, 6.45) is 1.55. The zero-order chi connectivity index (χ0) is 14.8. The van der Waals surface area contributed by atoms with Crippen molar-refractivity contribution in [3.8, 4) is 5.75 Å². The molecule has 0 spiro atoms. The van der Waals surface area contributed by atoms with Gasteiger partial charge >= 0.3 is 5.97 Å². The molecular weight excluding hydrogens is 258 g/mol. The molecule has 1 aromatic rings. The van der Waals surface area contributed by atoms with E-state index in [1.807, 2.05) is 24.3 Å². The zero-order valence-electron chi connectivity index (χ0n) is 11.7. The van der Waals surface area contributed by atoms with Crippen molar-refractivity contribution in [2.75, 3.05) is 13.2 Å². The lowest BCUT2D eigenvalue weighted by Crippen LogP contribution is -2.26. The van der Waals surface area contributed by atoms with Crippen LogP contribution in [0.4, 0.5) is 0 Å². The highest BCUT2D eigenvalue weighted by molar-refractivity contribution is 5.80. The molecule has 1 rings (SSSR count). The predicted molar refractivity (Wildman–Crippen MR) is 75.8 cm³/mol. The maximum Gasteiger partial charge on any atom is 0.303 e. The van der Waals surface area contributed by atoms with Crippen molar-refractivity contribution in [1.82, 2.24) is 5.32 Å². The Bertz CT molecular complexity index is 445. The molecule has 0 heterocycles. The molecule has 110 valence electrons. The van der Waals surface area contributed by atoms with Gasteiger partial charge in [-0.15, -0.1) is 0 Å². The number of carboxylic acid groups (broad SMARTS) is 1. The minimum atomic E-state index is -0.957. The summed E-state index contributed by atoms with van der Waals surface area (Å²) in [5.74, 6) is -0.353. The molecule has 0 aliphatic rings. The van der Waals surface area contributed by atoms with Crippen molar-refractivity contribution < 1.29 is 19.4 Å². The Hall–Kier alpha value is -2.04. The number of aliphatic carboxylic acids is 1. The van der Waals surface area contributed by atoms with E-state index in [9.17, 15) is 9.59 Å². The van der Waals surface area contributed by atoms with E-state index in [1.54, 1.807) is 0 Å². The van der Waals surface area contributed by atoms with Gasteiger partial charge in [0.25, 0.3) is 0 Å². The second kappa shape index (κ2) is 8.96. The molecule has 5 nitrogen and oxygen atoms in total. The first kappa shape index (κ1) is 16.0. The number of nitrogens with one attached hydrogen (secondary N) is 1. The van der Waals surface area contributed by atoms with Crippen molar-refractivity contribution >= 4 is 11.9 Å². The van der Waals surface area contributed by atoms with Crippen LogP contribution < -0.4 is 10.1 Å². The van der Waals surface area contributed by atoms with Crippen molar-refractivity contribution in [2.45, 2.75) is 32.6 Å². The van der Waals surface area contributed by atoms with Crippen LogP contribution in [0.2, 0.25) is 0 Å². The first-order chi connectivity index (χ1) is 9.61. The van der Waals surface area contributed by atoms with Gasteiger partial charge in [0.05, 0.1) is 13.0 Å². The standard InChI is InChI=1S/C15H21NO4/c1-2-10-20-13-5-3-4-12(11-13)8-9-16-14(17)6-7-15(18)19/h3-5,11H,2,6-10H2,1H3,(H,16,17)(H,18,19). The molecule has 0 aromatic heterocycles. The average Bonchev–Trinajstić information content (AvgIpc) is 2.43. The van der Waals surface area contributed by atoms with Gasteiger partial charge in [-0.3, -0.25) is 9.59 Å². The van der Waals surface area contributed by atoms with Crippen LogP contribution in [0.3, 0.4) is 0 Å². The molecular formula is C15H21NO4. The summed E-state index contributed by atoms with van der Waals surface area (Å²) < 4.78 is 5.54. The number of carbonyl (C=O) groups is 2. The minimum Gasteiger partial charge on any atom is -0.494 e. The van der Waals surface area contributed by atoms with E-state index >= 15 is 0 Å². The lowest BCUT2D eigenvalue weighted by Gasteiger charge is -2.08. The van der Waals surface area contributed by atoms with Crippen LogP contribution in [0, 0.1) is 0 Å². The zero-order valence-corrected chi connectivity index (χ0v) is 11.7. The van der Waals surface area contributed by atoms with Crippen molar-refractivity contribution in [1.29, 1.82) is 0 Å². The number of carboxylic acids is 1. The van der Waals surface area contributed by atoms with Crippen LogP contribution in [0.15, 0.2) is 24.3 Å². The number of ether oxygens (including phenoxy) is 1. The Morgan fingerprint density at radius 1 is 1.30 bits per heavy atom. The second-order valence-corrected chi connectivity index (χ2v) is 4.49. The largest absolute Gasteiger partial charge is 0.494 e. The van der Waals surface area contributed by atoms with E-state index in [1.165, 1.54) is 0 Å². The summed E-state index contributed by atoms with van der Waals surface area (Å²) in [5.41, 5.74) is 1.08. The molecule has 1 amide bonds. The van der Waals surface area contributed by atoms with Crippen molar-refractivity contribution in [3.63, 3.8) is 0 Å².